The minimum atomic E-state index is -0.586. The molecule has 0 saturated carbocycles. The van der Waals surface area contributed by atoms with Crippen molar-refractivity contribution in [2.24, 2.45) is 5.92 Å². The third-order valence-electron chi connectivity index (χ3n) is 4.54. The summed E-state index contributed by atoms with van der Waals surface area (Å²) in [5.74, 6) is 0.225. The molecule has 0 bridgehead atoms. The van der Waals surface area contributed by atoms with Crippen molar-refractivity contribution in [2.45, 2.75) is 58.2 Å². The van der Waals surface area contributed by atoms with Gasteiger partial charge in [-0.05, 0) is 52.4 Å². The van der Waals surface area contributed by atoms with Crippen LogP contribution in [0.15, 0.2) is 0 Å². The lowest BCUT2D eigenvalue weighted by molar-refractivity contribution is -0.132. The summed E-state index contributed by atoms with van der Waals surface area (Å²) in [6.45, 7) is 7.82. The largest absolute Gasteiger partial charge is 0.444 e. The van der Waals surface area contributed by atoms with Gasteiger partial charge in [0.2, 0.25) is 11.8 Å². The molecule has 0 aliphatic carbocycles. The maximum atomic E-state index is 12.2. The van der Waals surface area contributed by atoms with Crippen molar-refractivity contribution in [1.29, 1.82) is 0 Å². The molecular formula is C18H31N3O5. The van der Waals surface area contributed by atoms with Crippen molar-refractivity contribution in [1.82, 2.24) is 15.5 Å². The lowest BCUT2D eigenvalue weighted by atomic mass is 9.96. The van der Waals surface area contributed by atoms with E-state index in [1.807, 2.05) is 0 Å². The van der Waals surface area contributed by atoms with Gasteiger partial charge >= 0.3 is 6.09 Å². The summed E-state index contributed by atoms with van der Waals surface area (Å²) >= 11 is 0. The molecule has 8 nitrogen and oxygen atoms in total. The quantitative estimate of drug-likeness (QED) is 0.755. The number of hydrogen-bond acceptors (Lipinski definition) is 5. The van der Waals surface area contributed by atoms with Crippen LogP contribution in [-0.2, 0) is 19.1 Å². The summed E-state index contributed by atoms with van der Waals surface area (Å²) < 4.78 is 10.5. The third-order valence-corrected chi connectivity index (χ3v) is 4.54. The van der Waals surface area contributed by atoms with E-state index in [1.165, 1.54) is 0 Å². The van der Waals surface area contributed by atoms with Crippen LogP contribution >= 0.6 is 0 Å². The number of piperidine rings is 1. The number of ether oxygens (including phenoxy) is 2. The Morgan fingerprint density at radius 1 is 1.12 bits per heavy atom. The molecule has 3 amide bonds. The van der Waals surface area contributed by atoms with Crippen molar-refractivity contribution >= 4 is 17.9 Å². The first-order valence-corrected chi connectivity index (χ1v) is 9.38. The highest BCUT2D eigenvalue weighted by molar-refractivity contribution is 5.82. The summed E-state index contributed by atoms with van der Waals surface area (Å²) in [4.78, 5) is 37.5. The number of nitrogens with zero attached hydrogens (tertiary/aromatic N) is 1. The van der Waals surface area contributed by atoms with Gasteiger partial charge in [0, 0.05) is 26.2 Å². The number of rotatable bonds is 5. The number of nitrogens with one attached hydrogen (secondary N) is 2. The molecule has 1 atom stereocenters. The van der Waals surface area contributed by atoms with Crippen LogP contribution < -0.4 is 10.6 Å². The van der Waals surface area contributed by atoms with Crippen LogP contribution in [0.5, 0.6) is 0 Å². The molecule has 0 spiro atoms. The summed E-state index contributed by atoms with van der Waals surface area (Å²) in [6, 6.07) is 0. The van der Waals surface area contributed by atoms with Gasteiger partial charge in [0.1, 0.15) is 18.2 Å². The number of carbonyl (C=O) groups is 3. The van der Waals surface area contributed by atoms with E-state index < -0.39 is 11.7 Å². The van der Waals surface area contributed by atoms with Gasteiger partial charge in [0.25, 0.3) is 0 Å². The Balaban J connectivity index is 1.62. The van der Waals surface area contributed by atoms with E-state index >= 15 is 0 Å². The SMILES string of the molecule is CC(C)(C)OC(=O)NCC(=O)N1CCC(CNC(=O)C2CCCO2)CC1. The Labute approximate surface area is 155 Å². The van der Waals surface area contributed by atoms with E-state index in [0.29, 0.717) is 32.2 Å². The number of likely N-dealkylation sites (tertiary alicyclic amines) is 1. The van der Waals surface area contributed by atoms with Gasteiger partial charge < -0.3 is 25.0 Å². The topological polar surface area (TPSA) is 97.0 Å². The molecule has 8 heteroatoms. The maximum Gasteiger partial charge on any atom is 0.408 e. The first-order valence-electron chi connectivity index (χ1n) is 9.38. The zero-order valence-corrected chi connectivity index (χ0v) is 16.0. The number of carbonyl (C=O) groups excluding carboxylic acids is 3. The molecule has 0 aromatic carbocycles. The van der Waals surface area contributed by atoms with Crippen LogP contribution in [0.25, 0.3) is 0 Å². The fourth-order valence-corrected chi connectivity index (χ4v) is 3.10. The molecule has 26 heavy (non-hydrogen) atoms. The molecule has 0 aromatic rings. The van der Waals surface area contributed by atoms with Gasteiger partial charge in [-0.15, -0.1) is 0 Å². The van der Waals surface area contributed by atoms with Crippen molar-refractivity contribution < 1.29 is 23.9 Å². The smallest absolute Gasteiger partial charge is 0.408 e. The lowest BCUT2D eigenvalue weighted by Gasteiger charge is -2.32. The molecule has 1 unspecified atom stereocenters. The highest BCUT2D eigenvalue weighted by atomic mass is 16.6. The molecule has 2 heterocycles. The Hall–Kier alpha value is -1.83. The number of alkyl carbamates (subject to hydrolysis) is 1. The van der Waals surface area contributed by atoms with Crippen LogP contribution in [0.4, 0.5) is 4.79 Å². The Kier molecular flexibility index (Phi) is 7.25. The average molecular weight is 369 g/mol. The Morgan fingerprint density at radius 3 is 2.38 bits per heavy atom. The summed E-state index contributed by atoms with van der Waals surface area (Å²) in [5, 5.41) is 5.45. The molecule has 2 saturated heterocycles. The third kappa shape index (κ3) is 6.82. The fourth-order valence-electron chi connectivity index (χ4n) is 3.10. The highest BCUT2D eigenvalue weighted by Crippen LogP contribution is 2.17. The van der Waals surface area contributed by atoms with Gasteiger partial charge in [-0.2, -0.15) is 0 Å². The van der Waals surface area contributed by atoms with Crippen molar-refractivity contribution in [2.75, 3.05) is 32.8 Å². The van der Waals surface area contributed by atoms with E-state index in [4.69, 9.17) is 9.47 Å². The first kappa shape index (κ1) is 20.5. The second-order valence-electron chi connectivity index (χ2n) is 7.93. The molecule has 2 aliphatic rings. The van der Waals surface area contributed by atoms with Crippen LogP contribution in [-0.4, -0.2) is 67.3 Å². The molecular weight excluding hydrogens is 338 g/mol. The average Bonchev–Trinajstić information content (AvgIpc) is 3.11. The van der Waals surface area contributed by atoms with Crippen molar-refractivity contribution in [3.8, 4) is 0 Å². The van der Waals surface area contributed by atoms with Crippen molar-refractivity contribution in [3.05, 3.63) is 0 Å². The van der Waals surface area contributed by atoms with Crippen LogP contribution in [0, 0.1) is 5.92 Å². The van der Waals surface area contributed by atoms with Crippen LogP contribution in [0.3, 0.4) is 0 Å². The number of hydrogen-bond donors (Lipinski definition) is 2. The van der Waals surface area contributed by atoms with Gasteiger partial charge in [0.15, 0.2) is 0 Å². The zero-order valence-electron chi connectivity index (χ0n) is 16.0. The summed E-state index contributed by atoms with van der Waals surface area (Å²) in [5.41, 5.74) is -0.584. The predicted octanol–water partition coefficient (Wildman–Crippen LogP) is 1.04. The fraction of sp³-hybridized carbons (Fsp3) is 0.833. The lowest BCUT2D eigenvalue weighted by Crippen LogP contribution is -2.46. The van der Waals surface area contributed by atoms with Gasteiger partial charge in [0.05, 0.1) is 0 Å². The second-order valence-corrected chi connectivity index (χ2v) is 7.93. The van der Waals surface area contributed by atoms with E-state index in [2.05, 4.69) is 10.6 Å². The van der Waals surface area contributed by atoms with Crippen LogP contribution in [0.1, 0.15) is 46.5 Å². The summed E-state index contributed by atoms with van der Waals surface area (Å²) in [6.07, 6.45) is 2.53. The van der Waals surface area contributed by atoms with Gasteiger partial charge in [-0.25, -0.2) is 4.79 Å². The molecule has 148 valence electrons. The standard InChI is InChI=1S/C18H31N3O5/c1-18(2,3)26-17(24)20-12-15(22)21-8-6-13(7-9-21)11-19-16(23)14-5-4-10-25-14/h13-14H,4-12H2,1-3H3,(H,19,23)(H,20,24). The second kappa shape index (κ2) is 9.21. The first-order chi connectivity index (χ1) is 12.2. The highest BCUT2D eigenvalue weighted by Gasteiger charge is 2.26. The Morgan fingerprint density at radius 2 is 1.81 bits per heavy atom. The molecule has 0 radical (unpaired) electrons. The van der Waals surface area contributed by atoms with Gasteiger partial charge in [-0.1, -0.05) is 0 Å². The number of amides is 3. The van der Waals surface area contributed by atoms with E-state index in [9.17, 15) is 14.4 Å². The van der Waals surface area contributed by atoms with E-state index in [1.54, 1.807) is 25.7 Å². The minimum absolute atomic E-state index is 0.0254. The van der Waals surface area contributed by atoms with E-state index in [0.717, 1.165) is 25.7 Å². The molecule has 2 rings (SSSR count). The monoisotopic (exact) mass is 369 g/mol. The summed E-state index contributed by atoms with van der Waals surface area (Å²) in [7, 11) is 0. The predicted molar refractivity (Wildman–Crippen MR) is 95.5 cm³/mol. The van der Waals surface area contributed by atoms with Gasteiger partial charge in [-0.3, -0.25) is 9.59 Å². The molecule has 0 aromatic heterocycles. The van der Waals surface area contributed by atoms with Crippen LogP contribution in [0.2, 0.25) is 0 Å². The minimum Gasteiger partial charge on any atom is -0.444 e. The molecule has 2 aliphatic heterocycles. The van der Waals surface area contributed by atoms with E-state index in [-0.39, 0.29) is 24.5 Å². The Bertz CT molecular complexity index is 503. The van der Waals surface area contributed by atoms with Crippen molar-refractivity contribution in [3.63, 3.8) is 0 Å². The molecule has 2 fully saturated rings. The molecule has 2 N–H and O–H groups in total. The normalized spacial score (nSPS) is 21.3. The maximum absolute atomic E-state index is 12.2. The zero-order chi connectivity index (χ0) is 19.2.